The largest absolute Gasteiger partial charge is 0.370 e. The molecule has 0 aromatic carbocycles. The summed E-state index contributed by atoms with van der Waals surface area (Å²) in [5, 5.41) is 0. The van der Waals surface area contributed by atoms with Crippen LogP contribution in [-0.2, 0) is 14.5 Å². The van der Waals surface area contributed by atoms with Crippen LogP contribution in [0.5, 0.6) is 0 Å². The van der Waals surface area contributed by atoms with Gasteiger partial charge in [0.25, 0.3) is 0 Å². The highest BCUT2D eigenvalue weighted by atomic mass is 17.2. The summed E-state index contributed by atoms with van der Waals surface area (Å²) in [5.74, 6) is 0. The SMILES string of the molecule is CCCCC=COOCC1CO1. The molecule has 1 rings (SSSR count). The first-order valence-corrected chi connectivity index (χ1v) is 4.48. The van der Waals surface area contributed by atoms with E-state index in [2.05, 4.69) is 6.92 Å². The molecule has 1 aliphatic heterocycles. The molecule has 0 aromatic rings. The lowest BCUT2D eigenvalue weighted by Gasteiger charge is -1.96. The standard InChI is InChI=1S/C9H16O3/c1-2-3-4-5-6-11-12-8-9-7-10-9/h5-6,9H,2-4,7-8H2,1H3. The Hall–Kier alpha value is -0.540. The van der Waals surface area contributed by atoms with E-state index in [1.165, 1.54) is 12.8 Å². The highest BCUT2D eigenvalue weighted by Crippen LogP contribution is 2.08. The van der Waals surface area contributed by atoms with Gasteiger partial charge >= 0.3 is 0 Å². The van der Waals surface area contributed by atoms with Gasteiger partial charge in [0.05, 0.1) is 6.61 Å². The lowest BCUT2D eigenvalue weighted by molar-refractivity contribution is -0.250. The maximum Gasteiger partial charge on any atom is 0.125 e. The van der Waals surface area contributed by atoms with E-state index < -0.39 is 0 Å². The lowest BCUT2D eigenvalue weighted by Crippen LogP contribution is -1.98. The summed E-state index contributed by atoms with van der Waals surface area (Å²) in [6.45, 7) is 3.51. The number of unbranched alkanes of at least 4 members (excludes halogenated alkanes) is 2. The van der Waals surface area contributed by atoms with Crippen molar-refractivity contribution in [3.63, 3.8) is 0 Å². The van der Waals surface area contributed by atoms with E-state index in [1.807, 2.05) is 6.08 Å². The molecule has 1 atom stereocenters. The van der Waals surface area contributed by atoms with Crippen molar-refractivity contribution in [1.29, 1.82) is 0 Å². The Morgan fingerprint density at radius 3 is 3.08 bits per heavy atom. The molecular weight excluding hydrogens is 156 g/mol. The molecule has 1 unspecified atom stereocenters. The van der Waals surface area contributed by atoms with Crippen molar-refractivity contribution in [2.45, 2.75) is 32.3 Å². The minimum atomic E-state index is 0.272. The van der Waals surface area contributed by atoms with Gasteiger partial charge in [-0.05, 0) is 18.9 Å². The normalized spacial score (nSPS) is 21.6. The summed E-state index contributed by atoms with van der Waals surface area (Å²) in [6.07, 6.45) is 7.30. The molecular formula is C9H16O3. The molecule has 0 aliphatic carbocycles. The van der Waals surface area contributed by atoms with Crippen molar-refractivity contribution < 1.29 is 14.5 Å². The Kier molecular flexibility index (Phi) is 4.80. The molecule has 0 aromatic heterocycles. The third-order valence-corrected chi connectivity index (χ3v) is 1.60. The Bertz CT molecular complexity index is 130. The average molecular weight is 172 g/mol. The summed E-state index contributed by atoms with van der Waals surface area (Å²) in [4.78, 5) is 9.60. The van der Waals surface area contributed by atoms with E-state index in [4.69, 9.17) is 14.5 Å². The maximum absolute atomic E-state index is 4.92. The van der Waals surface area contributed by atoms with Crippen molar-refractivity contribution in [2.75, 3.05) is 13.2 Å². The zero-order valence-corrected chi connectivity index (χ0v) is 7.49. The fraction of sp³-hybridized carbons (Fsp3) is 0.778. The van der Waals surface area contributed by atoms with Gasteiger partial charge < -0.3 is 9.62 Å². The van der Waals surface area contributed by atoms with Gasteiger partial charge in [0, 0.05) is 0 Å². The molecule has 0 radical (unpaired) electrons. The van der Waals surface area contributed by atoms with Gasteiger partial charge in [-0.1, -0.05) is 13.3 Å². The van der Waals surface area contributed by atoms with Crippen LogP contribution in [0, 0.1) is 0 Å². The summed E-state index contributed by atoms with van der Waals surface area (Å²) < 4.78 is 4.92. The van der Waals surface area contributed by atoms with E-state index in [0.29, 0.717) is 6.61 Å². The second kappa shape index (κ2) is 6.03. The molecule has 70 valence electrons. The van der Waals surface area contributed by atoms with Crippen LogP contribution in [0.2, 0.25) is 0 Å². The first-order valence-electron chi connectivity index (χ1n) is 4.48. The van der Waals surface area contributed by atoms with Crippen molar-refractivity contribution >= 4 is 0 Å². The number of hydrogen-bond donors (Lipinski definition) is 0. The molecule has 0 N–H and O–H groups in total. The highest BCUT2D eigenvalue weighted by Gasteiger charge is 2.22. The van der Waals surface area contributed by atoms with Crippen LogP contribution in [0.1, 0.15) is 26.2 Å². The Balaban J connectivity index is 1.76. The van der Waals surface area contributed by atoms with Gasteiger partial charge in [-0.25, -0.2) is 0 Å². The summed E-state index contributed by atoms with van der Waals surface area (Å²) >= 11 is 0. The van der Waals surface area contributed by atoms with E-state index in [-0.39, 0.29) is 6.10 Å². The summed E-state index contributed by atoms with van der Waals surface area (Å²) in [7, 11) is 0. The van der Waals surface area contributed by atoms with Crippen LogP contribution in [0.3, 0.4) is 0 Å². The van der Waals surface area contributed by atoms with Gasteiger partial charge in [0.2, 0.25) is 0 Å². The van der Waals surface area contributed by atoms with E-state index >= 15 is 0 Å². The molecule has 0 amide bonds. The molecule has 3 nitrogen and oxygen atoms in total. The third-order valence-electron chi connectivity index (χ3n) is 1.60. The van der Waals surface area contributed by atoms with Crippen molar-refractivity contribution in [1.82, 2.24) is 0 Å². The number of rotatable bonds is 7. The van der Waals surface area contributed by atoms with Crippen LogP contribution in [0.25, 0.3) is 0 Å². The number of ether oxygens (including phenoxy) is 1. The molecule has 0 bridgehead atoms. The Morgan fingerprint density at radius 2 is 2.42 bits per heavy atom. The zero-order valence-electron chi connectivity index (χ0n) is 7.49. The Labute approximate surface area is 73.2 Å². The van der Waals surface area contributed by atoms with Gasteiger partial charge in [0.15, 0.2) is 0 Å². The van der Waals surface area contributed by atoms with Crippen molar-refractivity contribution in [3.8, 4) is 0 Å². The smallest absolute Gasteiger partial charge is 0.125 e. The van der Waals surface area contributed by atoms with Crippen LogP contribution in [0.15, 0.2) is 12.3 Å². The molecule has 3 heteroatoms. The van der Waals surface area contributed by atoms with Crippen LogP contribution >= 0.6 is 0 Å². The van der Waals surface area contributed by atoms with E-state index in [1.54, 1.807) is 6.26 Å². The molecule has 1 heterocycles. The van der Waals surface area contributed by atoms with E-state index in [9.17, 15) is 0 Å². The number of hydrogen-bond acceptors (Lipinski definition) is 3. The fourth-order valence-electron chi connectivity index (χ4n) is 0.748. The minimum Gasteiger partial charge on any atom is -0.370 e. The molecule has 0 saturated carbocycles. The average Bonchev–Trinajstić information content (AvgIpc) is 2.87. The number of epoxide rings is 1. The predicted molar refractivity (Wildman–Crippen MR) is 45.4 cm³/mol. The van der Waals surface area contributed by atoms with Crippen LogP contribution in [0.4, 0.5) is 0 Å². The summed E-state index contributed by atoms with van der Waals surface area (Å²) in [5.41, 5.74) is 0. The predicted octanol–water partition coefficient (Wildman–Crippen LogP) is 2.04. The number of allylic oxidation sites excluding steroid dienone is 1. The first-order chi connectivity index (χ1) is 5.93. The monoisotopic (exact) mass is 172 g/mol. The van der Waals surface area contributed by atoms with Gasteiger partial charge in [-0.3, -0.25) is 0 Å². The van der Waals surface area contributed by atoms with Crippen molar-refractivity contribution in [3.05, 3.63) is 12.3 Å². The third kappa shape index (κ3) is 5.16. The maximum atomic E-state index is 4.92. The minimum absolute atomic E-state index is 0.272. The second-order valence-corrected chi connectivity index (χ2v) is 2.85. The van der Waals surface area contributed by atoms with Gasteiger partial charge in [-0.15, -0.1) is 0 Å². The molecule has 0 spiro atoms. The van der Waals surface area contributed by atoms with Gasteiger partial charge in [0.1, 0.15) is 19.0 Å². The van der Waals surface area contributed by atoms with Gasteiger partial charge in [-0.2, -0.15) is 4.89 Å². The quantitative estimate of drug-likeness (QED) is 0.193. The molecule has 1 saturated heterocycles. The molecule has 1 fully saturated rings. The topological polar surface area (TPSA) is 31.0 Å². The van der Waals surface area contributed by atoms with E-state index in [0.717, 1.165) is 13.0 Å². The molecule has 12 heavy (non-hydrogen) atoms. The zero-order chi connectivity index (χ0) is 8.65. The van der Waals surface area contributed by atoms with Crippen LogP contribution < -0.4 is 0 Å². The van der Waals surface area contributed by atoms with Crippen molar-refractivity contribution in [2.24, 2.45) is 0 Å². The highest BCUT2D eigenvalue weighted by molar-refractivity contribution is 4.72. The first kappa shape index (κ1) is 9.55. The Morgan fingerprint density at radius 1 is 1.58 bits per heavy atom. The fourth-order valence-corrected chi connectivity index (χ4v) is 0.748. The second-order valence-electron chi connectivity index (χ2n) is 2.85. The molecule has 1 aliphatic rings. The lowest BCUT2D eigenvalue weighted by atomic mass is 10.2. The summed E-state index contributed by atoms with van der Waals surface area (Å²) in [6, 6.07) is 0. The van der Waals surface area contributed by atoms with Crippen LogP contribution in [-0.4, -0.2) is 19.3 Å².